The average molecular weight is 218 g/mol. The Morgan fingerprint density at radius 1 is 1.31 bits per heavy atom. The Balaban J connectivity index is 2.45. The summed E-state index contributed by atoms with van der Waals surface area (Å²) in [7, 11) is 0. The number of rotatable bonds is 3. The molecule has 0 amide bonds. The second kappa shape index (κ2) is 4.14. The summed E-state index contributed by atoms with van der Waals surface area (Å²) in [4.78, 5) is 18.5. The van der Waals surface area contributed by atoms with E-state index in [0.717, 1.165) is 0 Å². The van der Waals surface area contributed by atoms with Crippen molar-refractivity contribution in [1.82, 2.24) is 9.97 Å². The van der Waals surface area contributed by atoms with Crippen molar-refractivity contribution >= 4 is 16.9 Å². The number of hydrogen-bond donors (Lipinski definition) is 2. The molecule has 5 heteroatoms. The Kier molecular flexibility index (Phi) is 2.68. The number of phenols is 1. The monoisotopic (exact) mass is 218 g/mol. The molecule has 1 heterocycles. The normalized spacial score (nSPS) is 10.5. The first-order valence-corrected chi connectivity index (χ1v) is 4.82. The maximum atomic E-state index is 10.5. The molecule has 0 aliphatic carbocycles. The smallest absolute Gasteiger partial charge is 0.303 e. The zero-order valence-corrected chi connectivity index (χ0v) is 8.42. The molecular weight excluding hydrogens is 208 g/mol. The van der Waals surface area contributed by atoms with Crippen LogP contribution in [0.4, 0.5) is 0 Å². The number of para-hydroxylation sites is 1. The predicted octanol–water partition coefficient (Wildman–Crippen LogP) is 1.35. The summed E-state index contributed by atoms with van der Waals surface area (Å²) < 4.78 is 0. The number of aromatic nitrogens is 2. The largest absolute Gasteiger partial charge is 0.506 e. The number of aliphatic carboxylic acids is 1. The lowest BCUT2D eigenvalue weighted by Gasteiger charge is -2.04. The van der Waals surface area contributed by atoms with E-state index >= 15 is 0 Å². The quantitative estimate of drug-likeness (QED) is 0.812. The van der Waals surface area contributed by atoms with Gasteiger partial charge in [-0.1, -0.05) is 12.1 Å². The van der Waals surface area contributed by atoms with Crippen molar-refractivity contribution in [2.45, 2.75) is 12.8 Å². The summed E-state index contributed by atoms with van der Waals surface area (Å²) in [6, 6.07) is 4.99. The molecule has 0 spiro atoms. The number of benzene rings is 1. The number of nitrogens with zero attached hydrogens (tertiary/aromatic N) is 2. The van der Waals surface area contributed by atoms with Crippen LogP contribution >= 0.6 is 0 Å². The van der Waals surface area contributed by atoms with E-state index in [4.69, 9.17) is 5.11 Å². The van der Waals surface area contributed by atoms with Gasteiger partial charge in [0.1, 0.15) is 17.6 Å². The third-order valence-corrected chi connectivity index (χ3v) is 2.30. The van der Waals surface area contributed by atoms with Crippen LogP contribution in [-0.4, -0.2) is 26.2 Å². The highest BCUT2D eigenvalue weighted by atomic mass is 16.4. The van der Waals surface area contributed by atoms with Gasteiger partial charge in [0, 0.05) is 11.8 Å². The van der Waals surface area contributed by atoms with Crippen LogP contribution in [-0.2, 0) is 11.2 Å². The van der Waals surface area contributed by atoms with E-state index in [2.05, 4.69) is 9.97 Å². The van der Waals surface area contributed by atoms with Gasteiger partial charge in [-0.05, 0) is 6.07 Å². The van der Waals surface area contributed by atoms with Crippen molar-refractivity contribution in [2.24, 2.45) is 0 Å². The zero-order chi connectivity index (χ0) is 11.5. The fourth-order valence-corrected chi connectivity index (χ4v) is 1.55. The Morgan fingerprint density at radius 2 is 2.12 bits per heavy atom. The molecule has 0 bridgehead atoms. The minimum absolute atomic E-state index is 0.0156. The van der Waals surface area contributed by atoms with E-state index in [1.54, 1.807) is 12.1 Å². The summed E-state index contributed by atoms with van der Waals surface area (Å²) in [6.07, 6.45) is 1.68. The molecule has 2 rings (SSSR count). The first-order chi connectivity index (χ1) is 7.68. The van der Waals surface area contributed by atoms with Crippen LogP contribution in [0, 0.1) is 0 Å². The van der Waals surface area contributed by atoms with Crippen molar-refractivity contribution in [3.05, 3.63) is 30.2 Å². The summed E-state index contributed by atoms with van der Waals surface area (Å²) >= 11 is 0. The Hall–Kier alpha value is -2.17. The number of carbonyl (C=O) groups is 1. The van der Waals surface area contributed by atoms with Crippen molar-refractivity contribution in [3.8, 4) is 5.75 Å². The minimum Gasteiger partial charge on any atom is -0.506 e. The van der Waals surface area contributed by atoms with Crippen molar-refractivity contribution in [2.75, 3.05) is 0 Å². The lowest BCUT2D eigenvalue weighted by Crippen LogP contribution is -2.00. The summed E-state index contributed by atoms with van der Waals surface area (Å²) in [5.41, 5.74) is 1.10. The lowest BCUT2D eigenvalue weighted by molar-refractivity contribution is -0.136. The van der Waals surface area contributed by atoms with Crippen molar-refractivity contribution in [1.29, 1.82) is 0 Å². The van der Waals surface area contributed by atoms with E-state index in [1.807, 2.05) is 0 Å². The van der Waals surface area contributed by atoms with Crippen molar-refractivity contribution < 1.29 is 15.0 Å². The summed E-state index contributed by atoms with van der Waals surface area (Å²) in [6.45, 7) is 0. The van der Waals surface area contributed by atoms with Gasteiger partial charge in [0.15, 0.2) is 0 Å². The molecular formula is C11H10N2O3. The average Bonchev–Trinajstić information content (AvgIpc) is 2.27. The third-order valence-electron chi connectivity index (χ3n) is 2.30. The van der Waals surface area contributed by atoms with Crippen molar-refractivity contribution in [3.63, 3.8) is 0 Å². The van der Waals surface area contributed by atoms with E-state index < -0.39 is 5.97 Å². The molecule has 82 valence electrons. The molecule has 16 heavy (non-hydrogen) atoms. The highest BCUT2D eigenvalue weighted by Crippen LogP contribution is 2.23. The second-order valence-corrected chi connectivity index (χ2v) is 3.39. The predicted molar refractivity (Wildman–Crippen MR) is 57.2 cm³/mol. The lowest BCUT2D eigenvalue weighted by atomic mass is 10.1. The first kappa shape index (κ1) is 10.4. The van der Waals surface area contributed by atoms with E-state index in [-0.39, 0.29) is 12.2 Å². The van der Waals surface area contributed by atoms with E-state index in [0.29, 0.717) is 23.0 Å². The van der Waals surface area contributed by atoms with Crippen LogP contribution < -0.4 is 0 Å². The highest BCUT2D eigenvalue weighted by molar-refractivity contribution is 5.86. The van der Waals surface area contributed by atoms with Gasteiger partial charge in [0.25, 0.3) is 0 Å². The third kappa shape index (κ3) is 1.93. The fourth-order valence-electron chi connectivity index (χ4n) is 1.55. The maximum absolute atomic E-state index is 10.5. The Bertz CT molecular complexity index is 540. The topological polar surface area (TPSA) is 83.3 Å². The van der Waals surface area contributed by atoms with Gasteiger partial charge in [-0.3, -0.25) is 4.79 Å². The number of carboxylic acid groups (broad SMARTS) is 1. The standard InChI is InChI=1S/C11H10N2O3/c14-9-3-1-2-7-8(4-5-10(15)16)12-6-13-11(7)9/h1-3,6,14H,4-5H2,(H,15,16). The van der Waals surface area contributed by atoms with Crippen LogP contribution in [0.5, 0.6) is 5.75 Å². The highest BCUT2D eigenvalue weighted by Gasteiger charge is 2.08. The zero-order valence-electron chi connectivity index (χ0n) is 8.42. The number of fused-ring (bicyclic) bond motifs is 1. The number of carboxylic acids is 1. The summed E-state index contributed by atoms with van der Waals surface area (Å²) in [5.74, 6) is -0.789. The van der Waals surface area contributed by atoms with E-state index in [1.165, 1.54) is 12.4 Å². The molecule has 0 unspecified atom stereocenters. The van der Waals surface area contributed by atoms with Gasteiger partial charge in [0.2, 0.25) is 0 Å². The molecule has 0 saturated carbocycles. The van der Waals surface area contributed by atoms with Crippen LogP contribution in [0.15, 0.2) is 24.5 Å². The first-order valence-electron chi connectivity index (χ1n) is 4.82. The van der Waals surface area contributed by atoms with Crippen LogP contribution in [0.25, 0.3) is 10.9 Å². The summed E-state index contributed by atoms with van der Waals surface area (Å²) in [5, 5.41) is 18.9. The molecule has 0 fully saturated rings. The van der Waals surface area contributed by atoms with Gasteiger partial charge in [-0.25, -0.2) is 9.97 Å². The van der Waals surface area contributed by atoms with Crippen LogP contribution in [0.3, 0.4) is 0 Å². The SMILES string of the molecule is O=C(O)CCc1ncnc2c(O)cccc12. The van der Waals surface area contributed by atoms with E-state index in [9.17, 15) is 9.90 Å². The number of aromatic hydroxyl groups is 1. The molecule has 0 saturated heterocycles. The minimum atomic E-state index is -0.869. The van der Waals surface area contributed by atoms with Crippen LogP contribution in [0.1, 0.15) is 12.1 Å². The van der Waals surface area contributed by atoms with Gasteiger partial charge in [-0.15, -0.1) is 0 Å². The molecule has 0 aliphatic rings. The molecule has 2 N–H and O–H groups in total. The second-order valence-electron chi connectivity index (χ2n) is 3.39. The van der Waals surface area contributed by atoms with Crippen LogP contribution in [0.2, 0.25) is 0 Å². The van der Waals surface area contributed by atoms with Gasteiger partial charge in [0.05, 0.1) is 12.1 Å². The maximum Gasteiger partial charge on any atom is 0.303 e. The van der Waals surface area contributed by atoms with Gasteiger partial charge in [-0.2, -0.15) is 0 Å². The Morgan fingerprint density at radius 3 is 2.88 bits per heavy atom. The Labute approximate surface area is 91.4 Å². The fraction of sp³-hybridized carbons (Fsp3) is 0.182. The number of hydrogen-bond acceptors (Lipinski definition) is 4. The molecule has 0 radical (unpaired) electrons. The molecule has 0 atom stereocenters. The molecule has 1 aromatic carbocycles. The molecule has 0 aliphatic heterocycles. The molecule has 5 nitrogen and oxygen atoms in total. The van der Waals surface area contributed by atoms with Gasteiger partial charge >= 0.3 is 5.97 Å². The molecule has 2 aromatic rings. The number of aryl methyl sites for hydroxylation is 1. The molecule has 1 aromatic heterocycles. The number of phenolic OH excluding ortho intramolecular Hbond substituents is 1. The van der Waals surface area contributed by atoms with Gasteiger partial charge < -0.3 is 10.2 Å².